The second-order valence-electron chi connectivity index (χ2n) is 8.56. The molecule has 7 nitrogen and oxygen atoms in total. The fourth-order valence-electron chi connectivity index (χ4n) is 3.92. The second-order valence-corrected chi connectivity index (χ2v) is 10.6. The van der Waals surface area contributed by atoms with E-state index in [1.54, 1.807) is 11.8 Å². The maximum absolute atomic E-state index is 12.8. The largest absolute Gasteiger partial charge is 0.441 e. The highest BCUT2D eigenvalue weighted by Crippen LogP contribution is 2.23. The van der Waals surface area contributed by atoms with Crippen LogP contribution < -0.4 is 0 Å². The van der Waals surface area contributed by atoms with Crippen LogP contribution in [0, 0.1) is 13.8 Å². The van der Waals surface area contributed by atoms with Crippen LogP contribution in [0.25, 0.3) is 11.5 Å². The predicted octanol–water partition coefficient (Wildman–Crippen LogP) is 3.22. The van der Waals surface area contributed by atoms with Crippen LogP contribution in [-0.2, 0) is 26.9 Å². The highest BCUT2D eigenvalue weighted by atomic mass is 32.2. The predicted molar refractivity (Wildman–Crippen MR) is 127 cm³/mol. The molecule has 4 rings (SSSR count). The summed E-state index contributed by atoms with van der Waals surface area (Å²) in [6, 6.07) is 17.9. The number of aromatic nitrogens is 1. The minimum Gasteiger partial charge on any atom is -0.441 e. The van der Waals surface area contributed by atoms with Crippen LogP contribution in [0.4, 0.5) is 0 Å². The molecular formula is C25H29N3O4S. The number of piperazine rings is 1. The SMILES string of the molecule is Cc1ccc(-c2nc(CS(=O)(=O)CC(=O)N3CCN(Cc4ccccc4)CC3)c(C)o2)cc1. The van der Waals surface area contributed by atoms with E-state index in [9.17, 15) is 13.2 Å². The number of aryl methyl sites for hydroxylation is 2. The van der Waals surface area contributed by atoms with Gasteiger partial charge < -0.3 is 9.32 Å². The van der Waals surface area contributed by atoms with Crippen LogP contribution in [-0.4, -0.2) is 61.0 Å². The summed E-state index contributed by atoms with van der Waals surface area (Å²) in [4.78, 5) is 21.0. The number of amides is 1. The zero-order valence-electron chi connectivity index (χ0n) is 19.0. The number of hydrogen-bond acceptors (Lipinski definition) is 6. The van der Waals surface area contributed by atoms with Crippen LogP contribution in [0.5, 0.6) is 0 Å². The Balaban J connectivity index is 1.32. The third kappa shape index (κ3) is 6.09. The molecular weight excluding hydrogens is 438 g/mol. The van der Waals surface area contributed by atoms with Gasteiger partial charge in [-0.15, -0.1) is 0 Å². The first-order chi connectivity index (χ1) is 15.8. The van der Waals surface area contributed by atoms with Gasteiger partial charge in [-0.1, -0.05) is 48.0 Å². The summed E-state index contributed by atoms with van der Waals surface area (Å²) >= 11 is 0. The van der Waals surface area contributed by atoms with Crippen molar-refractivity contribution in [2.24, 2.45) is 0 Å². The van der Waals surface area contributed by atoms with Gasteiger partial charge in [0, 0.05) is 38.3 Å². The van der Waals surface area contributed by atoms with Crippen molar-refractivity contribution >= 4 is 15.7 Å². The van der Waals surface area contributed by atoms with Crippen molar-refractivity contribution in [3.8, 4) is 11.5 Å². The van der Waals surface area contributed by atoms with E-state index in [0.29, 0.717) is 30.4 Å². The normalized spacial score (nSPS) is 15.0. The van der Waals surface area contributed by atoms with Crippen LogP contribution in [0.15, 0.2) is 59.0 Å². The molecule has 1 fully saturated rings. The molecule has 0 unspecified atom stereocenters. The Morgan fingerprint density at radius 3 is 2.30 bits per heavy atom. The molecule has 0 atom stereocenters. The monoisotopic (exact) mass is 467 g/mol. The summed E-state index contributed by atoms with van der Waals surface area (Å²) < 4.78 is 31.2. The molecule has 0 bridgehead atoms. The molecule has 2 aromatic carbocycles. The van der Waals surface area contributed by atoms with E-state index < -0.39 is 15.6 Å². The Hall–Kier alpha value is -2.97. The Bertz CT molecular complexity index is 1200. The van der Waals surface area contributed by atoms with E-state index in [1.165, 1.54) is 5.56 Å². The molecule has 174 valence electrons. The van der Waals surface area contributed by atoms with E-state index in [4.69, 9.17) is 4.42 Å². The quantitative estimate of drug-likeness (QED) is 0.531. The fraction of sp³-hybridized carbons (Fsp3) is 0.360. The molecule has 0 spiro atoms. The standard InChI is InChI=1S/C25H29N3O4S/c1-19-8-10-22(11-9-19)25-26-23(20(2)32-25)17-33(30,31)18-24(29)28-14-12-27(13-15-28)16-21-6-4-3-5-7-21/h3-11H,12-18H2,1-2H3. The summed E-state index contributed by atoms with van der Waals surface area (Å²) in [5, 5.41) is 0. The minimum absolute atomic E-state index is 0.312. The van der Waals surface area contributed by atoms with Gasteiger partial charge in [-0.25, -0.2) is 13.4 Å². The summed E-state index contributed by atoms with van der Waals surface area (Å²) in [5.41, 5.74) is 3.49. The van der Waals surface area contributed by atoms with Crippen molar-refractivity contribution < 1.29 is 17.6 Å². The first kappa shape index (κ1) is 23.2. The zero-order valence-corrected chi connectivity index (χ0v) is 19.8. The van der Waals surface area contributed by atoms with E-state index in [0.717, 1.165) is 30.8 Å². The van der Waals surface area contributed by atoms with Gasteiger partial charge in [-0.05, 0) is 31.5 Å². The number of carbonyl (C=O) groups excluding carboxylic acids is 1. The lowest BCUT2D eigenvalue weighted by molar-refractivity contribution is -0.130. The molecule has 1 amide bonds. The Morgan fingerprint density at radius 1 is 0.970 bits per heavy atom. The van der Waals surface area contributed by atoms with Crippen LogP contribution >= 0.6 is 0 Å². The Kier molecular flexibility index (Phi) is 6.95. The summed E-state index contributed by atoms with van der Waals surface area (Å²) in [6.45, 7) is 7.03. The number of oxazole rings is 1. The van der Waals surface area contributed by atoms with E-state index >= 15 is 0 Å². The lowest BCUT2D eigenvalue weighted by atomic mass is 10.1. The topological polar surface area (TPSA) is 83.7 Å². The smallest absolute Gasteiger partial charge is 0.237 e. The third-order valence-corrected chi connectivity index (χ3v) is 7.27. The van der Waals surface area contributed by atoms with Crippen molar-refractivity contribution in [3.63, 3.8) is 0 Å². The number of sulfone groups is 1. The number of carbonyl (C=O) groups is 1. The Labute approximate surface area is 195 Å². The van der Waals surface area contributed by atoms with Gasteiger partial charge in [0.15, 0.2) is 9.84 Å². The van der Waals surface area contributed by atoms with Crippen LogP contribution in [0.3, 0.4) is 0 Å². The highest BCUT2D eigenvalue weighted by Gasteiger charge is 2.27. The van der Waals surface area contributed by atoms with Gasteiger partial charge in [0.2, 0.25) is 11.8 Å². The van der Waals surface area contributed by atoms with Gasteiger partial charge in [0.05, 0.1) is 11.4 Å². The van der Waals surface area contributed by atoms with Gasteiger partial charge in [0.1, 0.15) is 11.5 Å². The van der Waals surface area contributed by atoms with Crippen molar-refractivity contribution in [1.82, 2.24) is 14.8 Å². The number of benzene rings is 2. The molecule has 1 saturated heterocycles. The molecule has 0 aliphatic carbocycles. The number of hydrogen-bond donors (Lipinski definition) is 0. The van der Waals surface area contributed by atoms with Crippen LogP contribution in [0.2, 0.25) is 0 Å². The van der Waals surface area contributed by atoms with Gasteiger partial charge in [-0.2, -0.15) is 0 Å². The molecule has 1 aliphatic heterocycles. The van der Waals surface area contributed by atoms with Crippen molar-refractivity contribution in [2.75, 3.05) is 31.9 Å². The molecule has 1 aliphatic rings. The average Bonchev–Trinajstić information content (AvgIpc) is 3.14. The molecule has 33 heavy (non-hydrogen) atoms. The molecule has 0 radical (unpaired) electrons. The fourth-order valence-corrected chi connectivity index (χ4v) is 5.26. The van der Waals surface area contributed by atoms with Gasteiger partial charge in [0.25, 0.3) is 0 Å². The summed E-state index contributed by atoms with van der Waals surface area (Å²) in [7, 11) is -3.67. The number of rotatable bonds is 7. The van der Waals surface area contributed by atoms with Crippen molar-refractivity contribution in [1.29, 1.82) is 0 Å². The van der Waals surface area contributed by atoms with E-state index in [1.807, 2.05) is 49.4 Å². The zero-order chi connectivity index (χ0) is 23.4. The van der Waals surface area contributed by atoms with Crippen LogP contribution in [0.1, 0.15) is 22.6 Å². The first-order valence-corrected chi connectivity index (χ1v) is 12.9. The maximum atomic E-state index is 12.8. The maximum Gasteiger partial charge on any atom is 0.237 e. The Morgan fingerprint density at radius 2 is 1.64 bits per heavy atom. The summed E-state index contributed by atoms with van der Waals surface area (Å²) in [5.74, 6) is -0.338. The van der Waals surface area contributed by atoms with Gasteiger partial charge in [-0.3, -0.25) is 9.69 Å². The molecule has 1 aromatic heterocycles. The van der Waals surface area contributed by atoms with E-state index in [-0.39, 0.29) is 11.7 Å². The van der Waals surface area contributed by atoms with Gasteiger partial charge >= 0.3 is 0 Å². The molecule has 3 aromatic rings. The lowest BCUT2D eigenvalue weighted by Crippen LogP contribution is -2.49. The minimum atomic E-state index is -3.67. The molecule has 2 heterocycles. The average molecular weight is 468 g/mol. The third-order valence-electron chi connectivity index (χ3n) is 5.87. The summed E-state index contributed by atoms with van der Waals surface area (Å²) in [6.07, 6.45) is 0. The number of nitrogens with zero attached hydrogens (tertiary/aromatic N) is 3. The molecule has 0 N–H and O–H groups in total. The molecule has 8 heteroatoms. The first-order valence-electron chi connectivity index (χ1n) is 11.1. The highest BCUT2D eigenvalue weighted by molar-refractivity contribution is 7.91. The van der Waals surface area contributed by atoms with Crippen molar-refractivity contribution in [3.05, 3.63) is 77.2 Å². The van der Waals surface area contributed by atoms with Crippen molar-refractivity contribution in [2.45, 2.75) is 26.1 Å². The second kappa shape index (κ2) is 9.89. The molecule has 0 saturated carbocycles. The lowest BCUT2D eigenvalue weighted by Gasteiger charge is -2.34. The van der Waals surface area contributed by atoms with E-state index in [2.05, 4.69) is 22.0 Å².